The summed E-state index contributed by atoms with van der Waals surface area (Å²) in [5.74, 6) is 2.42. The molecule has 45 heavy (non-hydrogen) atoms. The zero-order valence-corrected chi connectivity index (χ0v) is 26.6. The molecule has 1 N–H and O–H groups in total. The molecule has 1 saturated heterocycles. The quantitative estimate of drug-likeness (QED) is 0.271. The average Bonchev–Trinajstić information content (AvgIpc) is 3.67. The lowest BCUT2D eigenvalue weighted by Crippen LogP contribution is -2.40. The summed E-state index contributed by atoms with van der Waals surface area (Å²) in [7, 11) is 8.54. The SMILES string of the molecule is COc1cc(-c2nc(C3CCN(CC(=O)N(C)C)CC3)n3ccnc(C)c23)ccc1N(C)C(=O)c1cc2c(OC)cccc2[nH]1. The van der Waals surface area contributed by atoms with Gasteiger partial charge in [-0.3, -0.25) is 23.9 Å². The number of H-pyrrole nitrogens is 1. The van der Waals surface area contributed by atoms with Gasteiger partial charge in [-0.15, -0.1) is 0 Å². The van der Waals surface area contributed by atoms with Crippen molar-refractivity contribution in [3.63, 3.8) is 0 Å². The summed E-state index contributed by atoms with van der Waals surface area (Å²) in [5.41, 5.74) is 5.44. The van der Waals surface area contributed by atoms with E-state index in [1.54, 1.807) is 45.2 Å². The van der Waals surface area contributed by atoms with Crippen LogP contribution in [0.1, 0.15) is 40.8 Å². The molecule has 1 aliphatic rings. The number of anilines is 1. The summed E-state index contributed by atoms with van der Waals surface area (Å²) in [5, 5.41) is 0.846. The van der Waals surface area contributed by atoms with Crippen LogP contribution < -0.4 is 14.4 Å². The van der Waals surface area contributed by atoms with Crippen molar-refractivity contribution in [2.75, 3.05) is 59.9 Å². The number of piperidine rings is 1. The molecule has 0 saturated carbocycles. The lowest BCUT2D eigenvalue weighted by Gasteiger charge is -2.31. The van der Waals surface area contributed by atoms with Gasteiger partial charge in [0.15, 0.2) is 0 Å². The van der Waals surface area contributed by atoms with Crippen molar-refractivity contribution in [2.45, 2.75) is 25.7 Å². The molecule has 0 radical (unpaired) electrons. The third-order valence-electron chi connectivity index (χ3n) is 8.77. The minimum Gasteiger partial charge on any atom is -0.496 e. The lowest BCUT2D eigenvalue weighted by molar-refractivity contribution is -0.130. The highest BCUT2D eigenvalue weighted by molar-refractivity contribution is 6.08. The Morgan fingerprint density at radius 2 is 1.78 bits per heavy atom. The number of carbonyl (C=O) groups excluding carboxylic acids is 2. The Morgan fingerprint density at radius 1 is 1.02 bits per heavy atom. The minimum atomic E-state index is -0.201. The van der Waals surface area contributed by atoms with E-state index in [1.807, 2.05) is 61.8 Å². The lowest BCUT2D eigenvalue weighted by atomic mass is 9.96. The number of methoxy groups -OCH3 is 2. The zero-order valence-electron chi connectivity index (χ0n) is 26.6. The molecule has 5 aromatic rings. The van der Waals surface area contributed by atoms with Gasteiger partial charge in [0, 0.05) is 55.9 Å². The Bertz CT molecular complexity index is 1880. The number of aromatic amines is 1. The molecular formula is C34H39N7O4. The molecule has 11 heteroatoms. The number of aryl methyl sites for hydroxylation is 1. The van der Waals surface area contributed by atoms with E-state index in [-0.39, 0.29) is 17.7 Å². The summed E-state index contributed by atoms with van der Waals surface area (Å²) in [6.07, 6.45) is 5.61. The Kier molecular flexibility index (Phi) is 8.20. The van der Waals surface area contributed by atoms with Gasteiger partial charge >= 0.3 is 0 Å². The third-order valence-corrected chi connectivity index (χ3v) is 8.77. The van der Waals surface area contributed by atoms with Gasteiger partial charge in [-0.2, -0.15) is 0 Å². The number of imidazole rings is 1. The molecule has 11 nitrogen and oxygen atoms in total. The van der Waals surface area contributed by atoms with Crippen molar-refractivity contribution < 1.29 is 19.1 Å². The molecule has 0 spiro atoms. The fourth-order valence-corrected chi connectivity index (χ4v) is 6.20. The number of benzene rings is 2. The molecule has 0 atom stereocenters. The summed E-state index contributed by atoms with van der Waals surface area (Å²) < 4.78 is 13.5. The van der Waals surface area contributed by atoms with Crippen LogP contribution in [0.2, 0.25) is 0 Å². The highest BCUT2D eigenvalue weighted by Crippen LogP contribution is 2.38. The van der Waals surface area contributed by atoms with Crippen LogP contribution in [0, 0.1) is 6.92 Å². The molecule has 0 aliphatic carbocycles. The first-order valence-electron chi connectivity index (χ1n) is 15.1. The van der Waals surface area contributed by atoms with Crippen LogP contribution in [0.5, 0.6) is 11.5 Å². The Morgan fingerprint density at radius 3 is 2.49 bits per heavy atom. The fraction of sp³-hybridized carbons (Fsp3) is 0.353. The van der Waals surface area contributed by atoms with E-state index in [0.717, 1.165) is 65.1 Å². The Hall–Kier alpha value is -4.90. The Balaban J connectivity index is 1.30. The van der Waals surface area contributed by atoms with E-state index in [1.165, 1.54) is 0 Å². The average molecular weight is 610 g/mol. The van der Waals surface area contributed by atoms with E-state index in [4.69, 9.17) is 14.5 Å². The monoisotopic (exact) mass is 609 g/mol. The van der Waals surface area contributed by atoms with Gasteiger partial charge in [0.2, 0.25) is 5.91 Å². The highest BCUT2D eigenvalue weighted by Gasteiger charge is 2.28. The molecule has 234 valence electrons. The van der Waals surface area contributed by atoms with E-state index in [0.29, 0.717) is 29.4 Å². The second kappa shape index (κ2) is 12.2. The molecule has 4 heterocycles. The molecular weight excluding hydrogens is 570 g/mol. The number of likely N-dealkylation sites (N-methyl/N-ethyl adjacent to an activating group) is 1. The number of amides is 2. The first kappa shape index (κ1) is 30.1. The van der Waals surface area contributed by atoms with Crippen LogP contribution in [0.15, 0.2) is 54.9 Å². The molecule has 1 aliphatic heterocycles. The maximum atomic E-state index is 13.6. The topological polar surface area (TPSA) is 108 Å². The molecule has 2 aromatic carbocycles. The van der Waals surface area contributed by atoms with Gasteiger partial charge in [-0.25, -0.2) is 4.98 Å². The first-order valence-corrected chi connectivity index (χ1v) is 15.1. The van der Waals surface area contributed by atoms with Crippen LogP contribution >= 0.6 is 0 Å². The van der Waals surface area contributed by atoms with E-state index in [2.05, 4.69) is 19.3 Å². The van der Waals surface area contributed by atoms with Crippen molar-refractivity contribution in [1.29, 1.82) is 0 Å². The number of likely N-dealkylation sites (tertiary alicyclic amines) is 1. The normalized spacial score (nSPS) is 14.2. The van der Waals surface area contributed by atoms with Crippen LogP contribution in [0.3, 0.4) is 0 Å². The predicted molar refractivity (Wildman–Crippen MR) is 174 cm³/mol. The standard InChI is InChI=1S/C34H39N7O4/c1-21-32-31(37-33(41(32)17-14-35-21)22-12-15-40(16-13-22)20-30(42)38(2)3)23-10-11-27(29(18-23)45-6)39(4)34(43)26-19-24-25(36-26)8-7-9-28(24)44-5/h7-11,14,17-19,22,36H,12-13,15-16,20H2,1-6H3. The van der Waals surface area contributed by atoms with Crippen LogP contribution in [0.4, 0.5) is 5.69 Å². The largest absolute Gasteiger partial charge is 0.496 e. The molecule has 6 rings (SSSR count). The van der Waals surface area contributed by atoms with Crippen molar-refractivity contribution in [2.24, 2.45) is 0 Å². The maximum Gasteiger partial charge on any atom is 0.274 e. The second-order valence-corrected chi connectivity index (χ2v) is 11.7. The number of fused-ring (bicyclic) bond motifs is 2. The highest BCUT2D eigenvalue weighted by atomic mass is 16.5. The third kappa shape index (κ3) is 5.59. The minimum absolute atomic E-state index is 0.120. The number of rotatable bonds is 8. The van der Waals surface area contributed by atoms with E-state index < -0.39 is 0 Å². The van der Waals surface area contributed by atoms with Crippen molar-refractivity contribution in [1.82, 2.24) is 29.2 Å². The number of nitrogens with zero attached hydrogens (tertiary/aromatic N) is 6. The summed E-state index contributed by atoms with van der Waals surface area (Å²) in [6, 6.07) is 13.3. The fourth-order valence-electron chi connectivity index (χ4n) is 6.20. The molecule has 0 bridgehead atoms. The van der Waals surface area contributed by atoms with Crippen molar-refractivity contribution in [3.05, 3.63) is 72.1 Å². The maximum absolute atomic E-state index is 13.6. The van der Waals surface area contributed by atoms with Gasteiger partial charge in [0.05, 0.1) is 43.4 Å². The van der Waals surface area contributed by atoms with E-state index >= 15 is 0 Å². The number of ether oxygens (including phenoxy) is 2. The van der Waals surface area contributed by atoms with Crippen molar-refractivity contribution >= 4 is 33.9 Å². The van der Waals surface area contributed by atoms with E-state index in [9.17, 15) is 9.59 Å². The predicted octanol–water partition coefficient (Wildman–Crippen LogP) is 4.75. The van der Waals surface area contributed by atoms with Crippen molar-refractivity contribution in [3.8, 4) is 22.8 Å². The number of hydrogen-bond donors (Lipinski definition) is 1. The van der Waals surface area contributed by atoms with Gasteiger partial charge in [-0.1, -0.05) is 12.1 Å². The zero-order chi connectivity index (χ0) is 31.8. The molecule has 0 unspecified atom stereocenters. The second-order valence-electron chi connectivity index (χ2n) is 11.7. The van der Waals surface area contributed by atoms with Crippen LogP contribution in [-0.4, -0.2) is 96.0 Å². The van der Waals surface area contributed by atoms with Gasteiger partial charge in [0.25, 0.3) is 5.91 Å². The van der Waals surface area contributed by atoms with Gasteiger partial charge < -0.3 is 24.3 Å². The number of hydrogen-bond acceptors (Lipinski definition) is 7. The Labute approximate surface area is 262 Å². The number of carbonyl (C=O) groups is 2. The van der Waals surface area contributed by atoms with Crippen LogP contribution in [0.25, 0.3) is 27.7 Å². The first-order chi connectivity index (χ1) is 21.7. The van der Waals surface area contributed by atoms with Crippen LogP contribution in [-0.2, 0) is 4.79 Å². The molecule has 1 fully saturated rings. The van der Waals surface area contributed by atoms with Gasteiger partial charge in [0.1, 0.15) is 23.0 Å². The summed E-state index contributed by atoms with van der Waals surface area (Å²) in [4.78, 5) is 44.3. The number of nitrogens with one attached hydrogen (secondary N) is 1. The smallest absolute Gasteiger partial charge is 0.274 e. The molecule has 2 amide bonds. The number of aromatic nitrogens is 4. The summed E-state index contributed by atoms with van der Waals surface area (Å²) >= 11 is 0. The van der Waals surface area contributed by atoms with Gasteiger partial charge in [-0.05, 0) is 63.2 Å². The molecule has 3 aromatic heterocycles. The summed E-state index contributed by atoms with van der Waals surface area (Å²) in [6.45, 7) is 4.11.